The summed E-state index contributed by atoms with van der Waals surface area (Å²) in [5.74, 6) is 1.43. The highest BCUT2D eigenvalue weighted by atomic mass is 16.5. The van der Waals surface area contributed by atoms with Crippen LogP contribution in [0.15, 0.2) is 47.2 Å². The Morgan fingerprint density at radius 2 is 1.93 bits per heavy atom. The van der Waals surface area contributed by atoms with Crippen LogP contribution >= 0.6 is 0 Å². The van der Waals surface area contributed by atoms with E-state index < -0.39 is 0 Å². The third-order valence-corrected chi connectivity index (χ3v) is 6.59. The lowest BCUT2D eigenvalue weighted by Crippen LogP contribution is -2.40. The fourth-order valence-electron chi connectivity index (χ4n) is 4.99. The van der Waals surface area contributed by atoms with Gasteiger partial charge in [0.25, 0.3) is 5.89 Å². The average Bonchev–Trinajstić information content (AvgIpc) is 3.44. The van der Waals surface area contributed by atoms with E-state index in [4.69, 9.17) is 9.51 Å². The molecule has 1 spiro atoms. The van der Waals surface area contributed by atoms with Gasteiger partial charge in [-0.1, -0.05) is 23.4 Å². The molecule has 4 heterocycles. The Balaban J connectivity index is 1.24. The first-order valence-electron chi connectivity index (χ1n) is 10.4. The van der Waals surface area contributed by atoms with Crippen molar-refractivity contribution in [3.05, 3.63) is 54.1 Å². The van der Waals surface area contributed by atoms with Gasteiger partial charge in [0.2, 0.25) is 0 Å². The van der Waals surface area contributed by atoms with Crippen molar-refractivity contribution >= 4 is 0 Å². The highest BCUT2D eigenvalue weighted by Crippen LogP contribution is 2.48. The number of aryl methyl sites for hydroxylation is 1. The Morgan fingerprint density at radius 3 is 2.66 bits per heavy atom. The fraction of sp³-hybridized carbons (Fsp3) is 0.500. The number of rotatable bonds is 4. The minimum Gasteiger partial charge on any atom is -0.334 e. The zero-order valence-corrected chi connectivity index (χ0v) is 17.2. The van der Waals surface area contributed by atoms with Crippen LogP contribution in [0.3, 0.4) is 0 Å². The van der Waals surface area contributed by atoms with Crippen molar-refractivity contribution in [2.75, 3.05) is 26.7 Å². The minimum absolute atomic E-state index is 0.237. The van der Waals surface area contributed by atoms with Crippen LogP contribution in [0, 0.1) is 5.41 Å². The maximum Gasteiger partial charge on any atom is 0.257 e. The topological polar surface area (TPSA) is 63.2 Å². The molecule has 0 saturated carbocycles. The van der Waals surface area contributed by atoms with Gasteiger partial charge in [-0.15, -0.1) is 0 Å². The van der Waals surface area contributed by atoms with Crippen molar-refractivity contribution in [3.63, 3.8) is 0 Å². The maximum atomic E-state index is 5.57. The average molecular weight is 393 g/mol. The summed E-state index contributed by atoms with van der Waals surface area (Å²) < 4.78 is 7.45. The lowest BCUT2D eigenvalue weighted by atomic mass is 9.76. The summed E-state index contributed by atoms with van der Waals surface area (Å²) >= 11 is 0. The number of likely N-dealkylation sites (tertiary alicyclic amines) is 2. The van der Waals surface area contributed by atoms with Crippen molar-refractivity contribution < 1.29 is 4.52 Å². The number of piperidine rings is 1. The summed E-state index contributed by atoms with van der Waals surface area (Å²) in [6, 6.07) is 10.2. The van der Waals surface area contributed by atoms with Gasteiger partial charge in [0.15, 0.2) is 5.82 Å². The molecule has 29 heavy (non-hydrogen) atoms. The van der Waals surface area contributed by atoms with E-state index in [-0.39, 0.29) is 6.04 Å². The molecular formula is C22H28N6O. The summed E-state index contributed by atoms with van der Waals surface area (Å²) in [4.78, 5) is 9.69. The normalized spacial score (nSPS) is 22.5. The maximum absolute atomic E-state index is 5.57. The van der Waals surface area contributed by atoms with Gasteiger partial charge in [0.1, 0.15) is 0 Å². The van der Waals surface area contributed by atoms with E-state index in [9.17, 15) is 0 Å². The van der Waals surface area contributed by atoms with E-state index in [1.807, 2.05) is 48.3 Å². The van der Waals surface area contributed by atoms with Crippen LogP contribution in [0.1, 0.15) is 36.7 Å². The van der Waals surface area contributed by atoms with Crippen molar-refractivity contribution in [1.29, 1.82) is 0 Å². The van der Waals surface area contributed by atoms with Crippen molar-refractivity contribution in [2.45, 2.75) is 31.8 Å². The molecule has 1 atom stereocenters. The number of benzene rings is 1. The highest BCUT2D eigenvalue weighted by Gasteiger charge is 2.46. The fourth-order valence-corrected chi connectivity index (χ4v) is 4.99. The first-order valence-corrected chi connectivity index (χ1v) is 10.4. The van der Waals surface area contributed by atoms with Crippen LogP contribution in [0.5, 0.6) is 0 Å². The van der Waals surface area contributed by atoms with Gasteiger partial charge in [0, 0.05) is 37.5 Å². The molecule has 7 nitrogen and oxygen atoms in total. The highest BCUT2D eigenvalue weighted by molar-refractivity contribution is 5.52. The molecule has 0 aliphatic carbocycles. The lowest BCUT2D eigenvalue weighted by molar-refractivity contribution is 0.105. The monoisotopic (exact) mass is 392 g/mol. The summed E-state index contributed by atoms with van der Waals surface area (Å²) in [6.07, 6.45) is 7.64. The molecule has 152 valence electrons. The van der Waals surface area contributed by atoms with Crippen LogP contribution in [0.4, 0.5) is 0 Å². The first kappa shape index (κ1) is 18.5. The molecule has 0 radical (unpaired) electrons. The predicted octanol–water partition coefficient (Wildman–Crippen LogP) is 3.13. The molecule has 0 amide bonds. The van der Waals surface area contributed by atoms with E-state index >= 15 is 0 Å². The number of nitrogens with zero attached hydrogens (tertiary/aromatic N) is 6. The number of hydrogen-bond donors (Lipinski definition) is 0. The van der Waals surface area contributed by atoms with Crippen LogP contribution in [0.25, 0.3) is 11.5 Å². The second kappa shape index (κ2) is 7.39. The molecule has 1 aromatic carbocycles. The van der Waals surface area contributed by atoms with Crippen molar-refractivity contribution in [1.82, 2.24) is 29.7 Å². The van der Waals surface area contributed by atoms with E-state index in [1.165, 1.54) is 18.4 Å². The Hall–Kier alpha value is -2.51. The van der Waals surface area contributed by atoms with E-state index in [0.29, 0.717) is 11.3 Å². The molecule has 7 heteroatoms. The van der Waals surface area contributed by atoms with Gasteiger partial charge in [0.05, 0.1) is 12.2 Å². The molecule has 2 aliphatic heterocycles. The Labute approximate surface area is 171 Å². The van der Waals surface area contributed by atoms with E-state index in [2.05, 4.69) is 33.3 Å². The van der Waals surface area contributed by atoms with Gasteiger partial charge in [-0.05, 0) is 56.9 Å². The molecule has 3 aromatic rings. The van der Waals surface area contributed by atoms with Gasteiger partial charge in [-0.3, -0.25) is 14.5 Å². The zero-order chi connectivity index (χ0) is 19.8. The van der Waals surface area contributed by atoms with Crippen LogP contribution in [0.2, 0.25) is 0 Å². The SMILES string of the molecule is CN1CC2(CCN(Cc3cnn(C)c3)CC2)CC1c1noc(-c2ccccc2)n1. The second-order valence-electron chi connectivity index (χ2n) is 8.76. The van der Waals surface area contributed by atoms with Crippen LogP contribution in [-0.4, -0.2) is 56.4 Å². The largest absolute Gasteiger partial charge is 0.334 e. The third-order valence-electron chi connectivity index (χ3n) is 6.59. The van der Waals surface area contributed by atoms with Crippen molar-refractivity contribution in [3.8, 4) is 11.5 Å². The van der Waals surface area contributed by atoms with Gasteiger partial charge in [-0.25, -0.2) is 0 Å². The van der Waals surface area contributed by atoms with Gasteiger partial charge in [-0.2, -0.15) is 10.1 Å². The van der Waals surface area contributed by atoms with Crippen LogP contribution < -0.4 is 0 Å². The smallest absolute Gasteiger partial charge is 0.257 e. The first-order chi connectivity index (χ1) is 14.1. The molecule has 0 bridgehead atoms. The molecule has 1 unspecified atom stereocenters. The molecule has 2 fully saturated rings. The Morgan fingerprint density at radius 1 is 1.14 bits per heavy atom. The quantitative estimate of drug-likeness (QED) is 0.680. The Kier molecular flexibility index (Phi) is 4.72. The molecule has 2 aliphatic rings. The molecule has 2 saturated heterocycles. The summed E-state index contributed by atoms with van der Waals surface area (Å²) in [5, 5.41) is 8.62. The third kappa shape index (κ3) is 3.72. The van der Waals surface area contributed by atoms with Gasteiger partial charge < -0.3 is 4.52 Å². The van der Waals surface area contributed by atoms with E-state index in [1.54, 1.807) is 0 Å². The summed E-state index contributed by atoms with van der Waals surface area (Å²) in [5.41, 5.74) is 2.63. The molecule has 2 aromatic heterocycles. The standard InChI is InChI=1S/C22H28N6O/c1-26-16-22(8-10-28(11-9-22)15-17-13-23-27(2)14-17)12-19(26)20-24-21(29-25-20)18-6-4-3-5-7-18/h3-7,13-14,19H,8-12,15-16H2,1-2H3. The molecule has 5 rings (SSSR count). The van der Waals surface area contributed by atoms with Gasteiger partial charge >= 0.3 is 0 Å². The second-order valence-corrected chi connectivity index (χ2v) is 8.76. The van der Waals surface area contributed by atoms with E-state index in [0.717, 1.165) is 44.0 Å². The zero-order valence-electron chi connectivity index (χ0n) is 17.2. The minimum atomic E-state index is 0.237. The predicted molar refractivity (Wildman–Crippen MR) is 110 cm³/mol. The van der Waals surface area contributed by atoms with Crippen molar-refractivity contribution in [2.24, 2.45) is 12.5 Å². The summed E-state index contributed by atoms with van der Waals surface area (Å²) in [6.45, 7) is 4.37. The lowest BCUT2D eigenvalue weighted by Gasteiger charge is -2.39. The summed E-state index contributed by atoms with van der Waals surface area (Å²) in [7, 11) is 4.17. The molecular weight excluding hydrogens is 364 g/mol. The number of aromatic nitrogens is 4. The molecule has 0 N–H and O–H groups in total. The number of hydrogen-bond acceptors (Lipinski definition) is 6. The Bertz CT molecular complexity index is 957. The van der Waals surface area contributed by atoms with Crippen LogP contribution in [-0.2, 0) is 13.6 Å².